The van der Waals surface area contributed by atoms with Crippen LogP contribution < -0.4 is 0 Å². The van der Waals surface area contributed by atoms with E-state index in [2.05, 4.69) is 0 Å². The molecule has 98 valence electrons. The summed E-state index contributed by atoms with van der Waals surface area (Å²) in [5, 5.41) is 0. The lowest BCUT2D eigenvalue weighted by Gasteiger charge is -2.34. The number of amides is 1. The third-order valence-corrected chi connectivity index (χ3v) is 5.17. The van der Waals surface area contributed by atoms with E-state index in [4.69, 9.17) is 0 Å². The molecule has 0 aromatic heterocycles. The first-order valence-electron chi connectivity index (χ1n) is 6.24. The van der Waals surface area contributed by atoms with E-state index in [0.717, 1.165) is 12.8 Å². The fourth-order valence-corrected chi connectivity index (χ4v) is 4.08. The van der Waals surface area contributed by atoms with Gasteiger partial charge in [-0.2, -0.15) is 0 Å². The molecule has 2 fully saturated rings. The van der Waals surface area contributed by atoms with E-state index in [1.807, 2.05) is 25.7 Å². The zero-order valence-corrected chi connectivity index (χ0v) is 11.6. The first-order valence-corrected chi connectivity index (χ1v) is 8.06. The minimum atomic E-state index is -2.92. The van der Waals surface area contributed by atoms with Gasteiger partial charge in [-0.3, -0.25) is 4.79 Å². The number of carbonyl (C=O) groups excluding carboxylic acids is 1. The van der Waals surface area contributed by atoms with Crippen molar-refractivity contribution in [3.63, 3.8) is 0 Å². The zero-order chi connectivity index (χ0) is 12.8. The summed E-state index contributed by atoms with van der Waals surface area (Å²) < 4.78 is 23.0. The summed E-state index contributed by atoms with van der Waals surface area (Å²) >= 11 is 0. The zero-order valence-electron chi connectivity index (χ0n) is 10.8. The molecule has 0 spiro atoms. The molecule has 1 unspecified atom stereocenters. The van der Waals surface area contributed by atoms with Gasteiger partial charge in [-0.15, -0.1) is 0 Å². The first-order chi connectivity index (χ1) is 7.71. The van der Waals surface area contributed by atoms with E-state index in [1.54, 1.807) is 0 Å². The summed E-state index contributed by atoms with van der Waals surface area (Å²) in [7, 11) is -2.92. The van der Waals surface area contributed by atoms with E-state index in [1.165, 1.54) is 0 Å². The van der Waals surface area contributed by atoms with Gasteiger partial charge < -0.3 is 4.90 Å². The Labute approximate surface area is 103 Å². The molecule has 1 atom stereocenters. The van der Waals surface area contributed by atoms with Crippen molar-refractivity contribution in [3.8, 4) is 0 Å². The van der Waals surface area contributed by atoms with Crippen LogP contribution in [-0.4, -0.2) is 42.8 Å². The molecule has 1 aliphatic carbocycles. The molecule has 2 aliphatic rings. The largest absolute Gasteiger partial charge is 0.335 e. The van der Waals surface area contributed by atoms with Gasteiger partial charge in [-0.05, 0) is 19.3 Å². The van der Waals surface area contributed by atoms with Crippen LogP contribution >= 0.6 is 0 Å². The molecule has 0 aromatic rings. The molecule has 17 heavy (non-hydrogen) atoms. The van der Waals surface area contributed by atoms with Crippen molar-refractivity contribution in [3.05, 3.63) is 0 Å². The van der Waals surface area contributed by atoms with Gasteiger partial charge in [0.1, 0.15) is 0 Å². The molecule has 4 nitrogen and oxygen atoms in total. The molecule has 1 heterocycles. The van der Waals surface area contributed by atoms with Gasteiger partial charge in [0.2, 0.25) is 5.91 Å². The molecule has 5 heteroatoms. The van der Waals surface area contributed by atoms with Gasteiger partial charge in [-0.25, -0.2) is 8.42 Å². The van der Waals surface area contributed by atoms with Crippen molar-refractivity contribution in [2.24, 2.45) is 5.41 Å². The van der Waals surface area contributed by atoms with Crippen molar-refractivity contribution < 1.29 is 13.2 Å². The average Bonchev–Trinajstić information content (AvgIpc) is 2.91. The van der Waals surface area contributed by atoms with Crippen LogP contribution in [0.5, 0.6) is 0 Å². The summed E-state index contributed by atoms with van der Waals surface area (Å²) in [6.45, 7) is 5.69. The SMILES string of the molecule is CC(C)(C)C(=O)N(C1CC1)C1CCS(=O)(=O)C1. The highest BCUT2D eigenvalue weighted by Crippen LogP contribution is 2.35. The van der Waals surface area contributed by atoms with Crippen LogP contribution in [0.2, 0.25) is 0 Å². The van der Waals surface area contributed by atoms with Crippen LogP contribution in [0.3, 0.4) is 0 Å². The average molecular weight is 259 g/mol. The molecular formula is C12H21NO3S. The number of carbonyl (C=O) groups is 1. The highest BCUT2D eigenvalue weighted by molar-refractivity contribution is 7.91. The van der Waals surface area contributed by atoms with Gasteiger partial charge in [0.15, 0.2) is 9.84 Å². The van der Waals surface area contributed by atoms with Crippen LogP contribution in [0.4, 0.5) is 0 Å². The minimum absolute atomic E-state index is 0.0841. The summed E-state index contributed by atoms with van der Waals surface area (Å²) in [6.07, 6.45) is 2.66. The fourth-order valence-electron chi connectivity index (χ4n) is 2.36. The molecule has 1 amide bonds. The van der Waals surface area contributed by atoms with Crippen molar-refractivity contribution in [2.75, 3.05) is 11.5 Å². The van der Waals surface area contributed by atoms with E-state index >= 15 is 0 Å². The third kappa shape index (κ3) is 2.81. The third-order valence-electron chi connectivity index (χ3n) is 3.42. The van der Waals surface area contributed by atoms with Gasteiger partial charge in [0.05, 0.1) is 11.5 Å². The molecule has 1 aliphatic heterocycles. The summed E-state index contributed by atoms with van der Waals surface area (Å²) in [5.74, 6) is 0.492. The maximum Gasteiger partial charge on any atom is 0.228 e. The van der Waals surface area contributed by atoms with Gasteiger partial charge >= 0.3 is 0 Å². The molecule has 2 rings (SSSR count). The van der Waals surface area contributed by atoms with Gasteiger partial charge in [0.25, 0.3) is 0 Å². The van der Waals surface area contributed by atoms with Crippen LogP contribution in [0.25, 0.3) is 0 Å². The summed E-state index contributed by atoms with van der Waals surface area (Å²) in [5.41, 5.74) is -0.422. The second-order valence-corrected chi connectivity index (χ2v) is 8.48. The second-order valence-electron chi connectivity index (χ2n) is 6.25. The Balaban J connectivity index is 2.17. The number of hydrogen-bond donors (Lipinski definition) is 0. The van der Waals surface area contributed by atoms with Crippen LogP contribution in [0.1, 0.15) is 40.0 Å². The summed E-state index contributed by atoms with van der Waals surface area (Å²) in [6, 6.07) is 0.208. The van der Waals surface area contributed by atoms with Crippen LogP contribution in [-0.2, 0) is 14.6 Å². The molecule has 0 aromatic carbocycles. The summed E-state index contributed by atoms with van der Waals surface area (Å²) in [4.78, 5) is 14.2. The maximum atomic E-state index is 12.4. The lowest BCUT2D eigenvalue weighted by Crippen LogP contribution is -2.47. The van der Waals surface area contributed by atoms with Crippen molar-refractivity contribution in [2.45, 2.75) is 52.1 Å². The monoisotopic (exact) mass is 259 g/mol. The maximum absolute atomic E-state index is 12.4. The number of rotatable bonds is 2. The Kier molecular flexibility index (Phi) is 3.00. The smallest absolute Gasteiger partial charge is 0.228 e. The molecule has 0 bridgehead atoms. The van der Waals surface area contributed by atoms with Crippen LogP contribution in [0.15, 0.2) is 0 Å². The van der Waals surface area contributed by atoms with Gasteiger partial charge in [0, 0.05) is 17.5 Å². The predicted octanol–water partition coefficient (Wildman–Crippen LogP) is 1.21. The molecule has 1 saturated carbocycles. The van der Waals surface area contributed by atoms with E-state index in [0.29, 0.717) is 12.5 Å². The van der Waals surface area contributed by atoms with E-state index < -0.39 is 15.3 Å². The number of hydrogen-bond acceptors (Lipinski definition) is 3. The van der Waals surface area contributed by atoms with Crippen molar-refractivity contribution in [1.82, 2.24) is 4.90 Å². The number of sulfone groups is 1. The Morgan fingerprint density at radius 1 is 1.12 bits per heavy atom. The molecule has 0 radical (unpaired) electrons. The highest BCUT2D eigenvalue weighted by Gasteiger charge is 2.44. The fraction of sp³-hybridized carbons (Fsp3) is 0.917. The Morgan fingerprint density at radius 2 is 1.71 bits per heavy atom. The van der Waals surface area contributed by atoms with Gasteiger partial charge in [-0.1, -0.05) is 20.8 Å². The minimum Gasteiger partial charge on any atom is -0.335 e. The Hall–Kier alpha value is -0.580. The lowest BCUT2D eigenvalue weighted by atomic mass is 9.93. The topological polar surface area (TPSA) is 54.5 Å². The molecule has 1 saturated heterocycles. The standard InChI is InChI=1S/C12H21NO3S/c1-12(2,3)11(14)13(9-4-5-9)10-6-7-17(15,16)8-10/h9-10H,4-8H2,1-3H3. The first kappa shape index (κ1) is 12.9. The quantitative estimate of drug-likeness (QED) is 0.749. The molecule has 0 N–H and O–H groups in total. The molecular weight excluding hydrogens is 238 g/mol. The van der Waals surface area contributed by atoms with Crippen molar-refractivity contribution >= 4 is 15.7 Å². The van der Waals surface area contributed by atoms with Crippen molar-refractivity contribution in [1.29, 1.82) is 0 Å². The second kappa shape index (κ2) is 3.97. The normalized spacial score (nSPS) is 28.1. The van der Waals surface area contributed by atoms with Crippen LogP contribution in [0, 0.1) is 5.41 Å². The Morgan fingerprint density at radius 3 is 2.06 bits per heavy atom. The Bertz CT molecular complexity index is 418. The number of nitrogens with zero attached hydrogens (tertiary/aromatic N) is 1. The lowest BCUT2D eigenvalue weighted by molar-refractivity contribution is -0.142. The van der Waals surface area contributed by atoms with E-state index in [9.17, 15) is 13.2 Å². The predicted molar refractivity (Wildman–Crippen MR) is 66.4 cm³/mol. The highest BCUT2D eigenvalue weighted by atomic mass is 32.2. The van der Waals surface area contributed by atoms with E-state index in [-0.39, 0.29) is 23.5 Å².